The molecule has 0 saturated carbocycles. The standard InChI is InChI=1S/C10H22N2/c1-9(2)7-12-6-5-11(4)8-10(12)3/h9-10H,5-8H2,1-4H3/t10-/m1/s1. The molecule has 0 aromatic heterocycles. The van der Waals surface area contributed by atoms with Gasteiger partial charge >= 0.3 is 0 Å². The molecule has 0 aromatic rings. The van der Waals surface area contributed by atoms with E-state index in [0.29, 0.717) is 0 Å². The molecular formula is C10H22N2. The summed E-state index contributed by atoms with van der Waals surface area (Å²) in [6.45, 7) is 11.9. The summed E-state index contributed by atoms with van der Waals surface area (Å²) in [5.74, 6) is 0.802. The number of hydrogen-bond donors (Lipinski definition) is 0. The third-order valence-electron chi connectivity index (χ3n) is 2.57. The fourth-order valence-corrected chi connectivity index (χ4v) is 1.92. The van der Waals surface area contributed by atoms with Crippen molar-refractivity contribution in [3.05, 3.63) is 0 Å². The van der Waals surface area contributed by atoms with Crippen LogP contribution in [0.4, 0.5) is 0 Å². The molecule has 0 radical (unpaired) electrons. The van der Waals surface area contributed by atoms with Crippen molar-refractivity contribution in [2.75, 3.05) is 33.2 Å². The van der Waals surface area contributed by atoms with Crippen molar-refractivity contribution in [2.45, 2.75) is 26.8 Å². The molecular weight excluding hydrogens is 148 g/mol. The second kappa shape index (κ2) is 4.24. The van der Waals surface area contributed by atoms with E-state index in [1.54, 1.807) is 0 Å². The van der Waals surface area contributed by atoms with Crippen LogP contribution < -0.4 is 0 Å². The van der Waals surface area contributed by atoms with Crippen molar-refractivity contribution in [3.63, 3.8) is 0 Å². The third-order valence-corrected chi connectivity index (χ3v) is 2.57. The lowest BCUT2D eigenvalue weighted by atomic mass is 10.1. The van der Waals surface area contributed by atoms with Crippen LogP contribution in [0.3, 0.4) is 0 Å². The first kappa shape index (κ1) is 10.0. The maximum absolute atomic E-state index is 2.60. The zero-order chi connectivity index (χ0) is 9.14. The molecule has 1 fully saturated rings. The second-order valence-corrected chi connectivity index (χ2v) is 4.50. The Morgan fingerprint density at radius 3 is 2.50 bits per heavy atom. The third kappa shape index (κ3) is 2.76. The van der Waals surface area contributed by atoms with Gasteiger partial charge in [0.05, 0.1) is 0 Å². The monoisotopic (exact) mass is 170 g/mol. The van der Waals surface area contributed by atoms with Gasteiger partial charge in [-0.2, -0.15) is 0 Å². The lowest BCUT2D eigenvalue weighted by Crippen LogP contribution is -2.51. The summed E-state index contributed by atoms with van der Waals surface area (Å²) in [5.41, 5.74) is 0. The van der Waals surface area contributed by atoms with Gasteiger partial charge < -0.3 is 4.90 Å². The molecule has 0 aromatic carbocycles. The Morgan fingerprint density at radius 1 is 1.33 bits per heavy atom. The SMILES string of the molecule is CC(C)CN1CCN(C)C[C@H]1C. The van der Waals surface area contributed by atoms with Crippen molar-refractivity contribution < 1.29 is 0 Å². The van der Waals surface area contributed by atoms with Crippen LogP contribution in [-0.2, 0) is 0 Å². The number of rotatable bonds is 2. The number of nitrogens with zero attached hydrogens (tertiary/aromatic N) is 2. The Hall–Kier alpha value is -0.0800. The molecule has 1 rings (SSSR count). The highest BCUT2D eigenvalue weighted by atomic mass is 15.3. The van der Waals surface area contributed by atoms with Gasteiger partial charge in [0, 0.05) is 32.2 Å². The summed E-state index contributed by atoms with van der Waals surface area (Å²) in [6.07, 6.45) is 0. The zero-order valence-corrected chi connectivity index (χ0v) is 8.88. The van der Waals surface area contributed by atoms with Crippen molar-refractivity contribution in [3.8, 4) is 0 Å². The molecule has 2 heteroatoms. The lowest BCUT2D eigenvalue weighted by molar-refractivity contribution is 0.0896. The first-order chi connectivity index (χ1) is 5.59. The smallest absolute Gasteiger partial charge is 0.0195 e. The van der Waals surface area contributed by atoms with E-state index < -0.39 is 0 Å². The van der Waals surface area contributed by atoms with Gasteiger partial charge in [-0.15, -0.1) is 0 Å². The first-order valence-electron chi connectivity index (χ1n) is 5.02. The fourth-order valence-electron chi connectivity index (χ4n) is 1.92. The van der Waals surface area contributed by atoms with Gasteiger partial charge in [-0.3, -0.25) is 4.90 Å². The molecule has 12 heavy (non-hydrogen) atoms. The van der Waals surface area contributed by atoms with E-state index in [9.17, 15) is 0 Å². The molecule has 2 nitrogen and oxygen atoms in total. The average molecular weight is 170 g/mol. The molecule has 1 saturated heterocycles. The molecule has 0 aliphatic carbocycles. The van der Waals surface area contributed by atoms with Crippen LogP contribution in [0.25, 0.3) is 0 Å². The molecule has 0 bridgehead atoms. The van der Waals surface area contributed by atoms with Crippen molar-refractivity contribution >= 4 is 0 Å². The summed E-state index contributed by atoms with van der Waals surface area (Å²) >= 11 is 0. The van der Waals surface area contributed by atoms with Gasteiger partial charge in [0.25, 0.3) is 0 Å². The maximum atomic E-state index is 2.60. The lowest BCUT2D eigenvalue weighted by Gasteiger charge is -2.39. The summed E-state index contributed by atoms with van der Waals surface area (Å²) < 4.78 is 0. The Balaban J connectivity index is 2.34. The zero-order valence-electron chi connectivity index (χ0n) is 8.88. The van der Waals surface area contributed by atoms with Gasteiger partial charge in [-0.05, 0) is 19.9 Å². The van der Waals surface area contributed by atoms with Crippen LogP contribution >= 0.6 is 0 Å². The molecule has 0 N–H and O–H groups in total. The summed E-state index contributed by atoms with van der Waals surface area (Å²) in [6, 6.07) is 0.742. The molecule has 1 aliphatic heterocycles. The molecule has 1 atom stereocenters. The van der Waals surface area contributed by atoms with E-state index in [1.165, 1.54) is 26.2 Å². The van der Waals surface area contributed by atoms with Crippen LogP contribution in [0.5, 0.6) is 0 Å². The number of hydrogen-bond acceptors (Lipinski definition) is 2. The molecule has 72 valence electrons. The maximum Gasteiger partial charge on any atom is 0.0195 e. The van der Waals surface area contributed by atoms with E-state index in [-0.39, 0.29) is 0 Å². The van der Waals surface area contributed by atoms with E-state index >= 15 is 0 Å². The largest absolute Gasteiger partial charge is 0.304 e. The Kier molecular flexibility index (Phi) is 3.53. The molecule has 0 unspecified atom stereocenters. The van der Waals surface area contributed by atoms with E-state index in [2.05, 4.69) is 37.6 Å². The fraction of sp³-hybridized carbons (Fsp3) is 1.00. The van der Waals surface area contributed by atoms with Crippen molar-refractivity contribution in [1.82, 2.24) is 9.80 Å². The van der Waals surface area contributed by atoms with Gasteiger partial charge in [0.15, 0.2) is 0 Å². The predicted molar refractivity (Wildman–Crippen MR) is 53.4 cm³/mol. The van der Waals surface area contributed by atoms with Gasteiger partial charge in [-0.25, -0.2) is 0 Å². The summed E-state index contributed by atoms with van der Waals surface area (Å²) in [4.78, 5) is 5.02. The summed E-state index contributed by atoms with van der Waals surface area (Å²) in [7, 11) is 2.21. The Bertz CT molecular complexity index is 134. The highest BCUT2D eigenvalue weighted by molar-refractivity contribution is 4.77. The highest BCUT2D eigenvalue weighted by Gasteiger charge is 2.21. The molecule has 1 aliphatic rings. The predicted octanol–water partition coefficient (Wildman–Crippen LogP) is 1.28. The van der Waals surface area contributed by atoms with Gasteiger partial charge in [0.2, 0.25) is 0 Å². The minimum Gasteiger partial charge on any atom is -0.304 e. The van der Waals surface area contributed by atoms with E-state index in [0.717, 1.165) is 12.0 Å². The highest BCUT2D eigenvalue weighted by Crippen LogP contribution is 2.09. The second-order valence-electron chi connectivity index (χ2n) is 4.50. The van der Waals surface area contributed by atoms with Crippen LogP contribution in [0.15, 0.2) is 0 Å². The molecule has 0 spiro atoms. The normalized spacial score (nSPS) is 28.2. The minimum absolute atomic E-state index is 0.742. The minimum atomic E-state index is 0.742. The Morgan fingerprint density at radius 2 is 2.00 bits per heavy atom. The average Bonchev–Trinajstić information content (AvgIpc) is 1.94. The topological polar surface area (TPSA) is 6.48 Å². The van der Waals surface area contributed by atoms with Crippen LogP contribution in [-0.4, -0.2) is 49.1 Å². The number of likely N-dealkylation sites (N-methyl/N-ethyl adjacent to an activating group) is 1. The van der Waals surface area contributed by atoms with Crippen LogP contribution in [0, 0.1) is 5.92 Å². The van der Waals surface area contributed by atoms with Crippen molar-refractivity contribution in [2.24, 2.45) is 5.92 Å². The van der Waals surface area contributed by atoms with E-state index in [1.807, 2.05) is 0 Å². The molecule has 1 heterocycles. The van der Waals surface area contributed by atoms with Gasteiger partial charge in [0.1, 0.15) is 0 Å². The van der Waals surface area contributed by atoms with E-state index in [4.69, 9.17) is 0 Å². The summed E-state index contributed by atoms with van der Waals surface area (Å²) in [5, 5.41) is 0. The van der Waals surface area contributed by atoms with Gasteiger partial charge in [-0.1, -0.05) is 13.8 Å². The first-order valence-corrected chi connectivity index (χ1v) is 5.02. The quantitative estimate of drug-likeness (QED) is 0.616. The van der Waals surface area contributed by atoms with Crippen LogP contribution in [0.1, 0.15) is 20.8 Å². The molecule has 0 amide bonds. The Labute approximate surface area is 76.5 Å². The van der Waals surface area contributed by atoms with Crippen molar-refractivity contribution in [1.29, 1.82) is 0 Å². The number of piperazine rings is 1. The van der Waals surface area contributed by atoms with Crippen LogP contribution in [0.2, 0.25) is 0 Å².